The van der Waals surface area contributed by atoms with Crippen LogP contribution in [-0.4, -0.2) is 76.0 Å². The molecule has 0 spiro atoms. The van der Waals surface area contributed by atoms with Crippen molar-refractivity contribution in [3.8, 4) is 0 Å². The lowest BCUT2D eigenvalue weighted by Gasteiger charge is -2.42. The molecule has 154 valence electrons. The van der Waals surface area contributed by atoms with E-state index in [9.17, 15) is 9.59 Å². The van der Waals surface area contributed by atoms with E-state index in [1.807, 2.05) is 31.0 Å². The zero-order valence-corrected chi connectivity index (χ0v) is 17.4. The number of hydrazone groups is 1. The summed E-state index contributed by atoms with van der Waals surface area (Å²) in [5.74, 6) is -0.179. The predicted octanol–water partition coefficient (Wildman–Crippen LogP) is 1.54. The molecule has 0 radical (unpaired) electrons. The molecule has 29 heavy (non-hydrogen) atoms. The number of nitrogens with one attached hydrogen (secondary N) is 1. The Morgan fingerprint density at radius 1 is 1.28 bits per heavy atom. The number of urea groups is 1. The van der Waals surface area contributed by atoms with Crippen molar-refractivity contribution in [3.05, 3.63) is 47.5 Å². The third-order valence-electron chi connectivity index (χ3n) is 5.77. The average Bonchev–Trinajstić information content (AvgIpc) is 3.05. The molecule has 0 saturated carbocycles. The van der Waals surface area contributed by atoms with Gasteiger partial charge in [0.25, 0.3) is 5.91 Å². The molecule has 3 unspecified atom stereocenters. The van der Waals surface area contributed by atoms with Crippen LogP contribution in [0, 0.1) is 6.92 Å². The first-order valence-corrected chi connectivity index (χ1v) is 9.87. The number of rotatable bonds is 4. The van der Waals surface area contributed by atoms with E-state index in [-0.39, 0.29) is 30.9 Å². The summed E-state index contributed by atoms with van der Waals surface area (Å²) in [6.45, 7) is 11.2. The zero-order chi connectivity index (χ0) is 20.9. The highest BCUT2D eigenvalue weighted by atomic mass is 16.2. The zero-order valence-electron chi connectivity index (χ0n) is 17.4. The van der Waals surface area contributed by atoms with E-state index in [2.05, 4.69) is 35.9 Å². The van der Waals surface area contributed by atoms with Gasteiger partial charge in [-0.2, -0.15) is 5.10 Å². The number of carbonyl (C=O) groups is 2. The van der Waals surface area contributed by atoms with E-state index >= 15 is 0 Å². The van der Waals surface area contributed by atoms with Gasteiger partial charge in [0.05, 0.1) is 13.1 Å². The van der Waals surface area contributed by atoms with Crippen molar-refractivity contribution in [2.75, 3.05) is 20.1 Å². The van der Waals surface area contributed by atoms with Gasteiger partial charge in [0.15, 0.2) is 6.29 Å². The fourth-order valence-corrected chi connectivity index (χ4v) is 4.35. The molecule has 3 aliphatic heterocycles. The Kier molecular flexibility index (Phi) is 4.92. The number of benzene rings is 1. The number of imide groups is 1. The summed E-state index contributed by atoms with van der Waals surface area (Å²) >= 11 is 0. The van der Waals surface area contributed by atoms with Gasteiger partial charge < -0.3 is 4.90 Å². The van der Waals surface area contributed by atoms with Crippen LogP contribution in [-0.2, 0) is 11.3 Å². The van der Waals surface area contributed by atoms with Gasteiger partial charge in [-0.15, -0.1) is 0 Å². The van der Waals surface area contributed by atoms with Gasteiger partial charge in [-0.25, -0.2) is 9.69 Å². The highest BCUT2D eigenvalue weighted by molar-refractivity contribution is 6.01. The van der Waals surface area contributed by atoms with Crippen LogP contribution < -0.4 is 5.32 Å². The fourth-order valence-electron chi connectivity index (χ4n) is 4.35. The number of amides is 3. The molecule has 3 amide bonds. The van der Waals surface area contributed by atoms with E-state index in [0.29, 0.717) is 13.1 Å². The van der Waals surface area contributed by atoms with Crippen LogP contribution in [0.15, 0.2) is 41.5 Å². The van der Waals surface area contributed by atoms with Crippen LogP contribution in [0.1, 0.15) is 25.0 Å². The standard InChI is InChI=1S/C21H28N6O2/c1-13(2)10-26-19(28)17-18(24(5)21(26)29)22-20-25(17)11-15(4)23-27(20)12-16-9-7-6-8-14(16)3/h6-9,17-18,20,22H,1,10-12H2,2-5H3. The summed E-state index contributed by atoms with van der Waals surface area (Å²) in [4.78, 5) is 31.1. The Morgan fingerprint density at radius 2 is 2.00 bits per heavy atom. The third-order valence-corrected chi connectivity index (χ3v) is 5.77. The van der Waals surface area contributed by atoms with Crippen LogP contribution >= 0.6 is 0 Å². The monoisotopic (exact) mass is 396 g/mol. The van der Waals surface area contributed by atoms with Crippen LogP contribution in [0.4, 0.5) is 4.79 Å². The average molecular weight is 396 g/mol. The summed E-state index contributed by atoms with van der Waals surface area (Å²) in [7, 11) is 1.74. The van der Waals surface area contributed by atoms with Crippen molar-refractivity contribution in [1.82, 2.24) is 25.0 Å². The molecule has 2 saturated heterocycles. The first-order chi connectivity index (χ1) is 13.8. The van der Waals surface area contributed by atoms with Gasteiger partial charge in [0, 0.05) is 19.3 Å². The van der Waals surface area contributed by atoms with Gasteiger partial charge in [0.2, 0.25) is 0 Å². The summed E-state index contributed by atoms with van der Waals surface area (Å²) in [5, 5.41) is 10.2. The number of aryl methyl sites for hydroxylation is 1. The van der Waals surface area contributed by atoms with E-state index in [4.69, 9.17) is 5.10 Å². The van der Waals surface area contributed by atoms with Crippen molar-refractivity contribution in [2.24, 2.45) is 5.10 Å². The molecule has 3 aliphatic rings. The molecule has 3 atom stereocenters. The second-order valence-corrected chi connectivity index (χ2v) is 8.24. The Bertz CT molecular complexity index is 897. The minimum atomic E-state index is -0.452. The SMILES string of the molecule is C=C(C)CN1C(=O)C2C(NC3N(Cc4ccccc4C)N=C(C)CN23)N(C)C1=O. The summed E-state index contributed by atoms with van der Waals surface area (Å²) < 4.78 is 0. The number of fused-ring (bicyclic) bond motifs is 3. The molecule has 0 aliphatic carbocycles. The lowest BCUT2D eigenvalue weighted by molar-refractivity contribution is -0.138. The third kappa shape index (κ3) is 3.32. The lowest BCUT2D eigenvalue weighted by atomic mass is 10.1. The maximum Gasteiger partial charge on any atom is 0.328 e. The van der Waals surface area contributed by atoms with Crippen molar-refractivity contribution in [1.29, 1.82) is 0 Å². The van der Waals surface area contributed by atoms with Crippen molar-refractivity contribution < 1.29 is 9.59 Å². The van der Waals surface area contributed by atoms with Crippen molar-refractivity contribution >= 4 is 17.6 Å². The van der Waals surface area contributed by atoms with Gasteiger partial charge in [-0.1, -0.05) is 36.4 Å². The highest BCUT2D eigenvalue weighted by Gasteiger charge is 2.56. The molecule has 8 heteroatoms. The largest absolute Gasteiger partial charge is 0.328 e. The van der Waals surface area contributed by atoms with Crippen molar-refractivity contribution in [2.45, 2.75) is 45.8 Å². The molecule has 1 aromatic rings. The maximum atomic E-state index is 13.3. The van der Waals surface area contributed by atoms with Crippen LogP contribution in [0.2, 0.25) is 0 Å². The van der Waals surface area contributed by atoms with Crippen LogP contribution in [0.25, 0.3) is 0 Å². The summed E-state index contributed by atoms with van der Waals surface area (Å²) in [5.41, 5.74) is 4.10. The van der Waals surface area contributed by atoms with Gasteiger partial charge in [0.1, 0.15) is 12.2 Å². The molecule has 3 heterocycles. The Labute approximate surface area is 171 Å². The topological polar surface area (TPSA) is 71.5 Å². The van der Waals surface area contributed by atoms with E-state index in [1.54, 1.807) is 11.9 Å². The fraction of sp³-hybridized carbons (Fsp3) is 0.476. The smallest absolute Gasteiger partial charge is 0.310 e. The van der Waals surface area contributed by atoms with Gasteiger partial charge >= 0.3 is 6.03 Å². The second-order valence-electron chi connectivity index (χ2n) is 8.24. The van der Waals surface area contributed by atoms with Crippen LogP contribution in [0.5, 0.6) is 0 Å². The maximum absolute atomic E-state index is 13.3. The Hall–Kier alpha value is -2.71. The minimum Gasteiger partial charge on any atom is -0.310 e. The van der Waals surface area contributed by atoms with E-state index in [0.717, 1.165) is 11.3 Å². The second kappa shape index (κ2) is 7.27. The Morgan fingerprint density at radius 3 is 2.69 bits per heavy atom. The molecule has 4 rings (SSSR count). The molecule has 0 bridgehead atoms. The molecular weight excluding hydrogens is 368 g/mol. The quantitative estimate of drug-likeness (QED) is 0.782. The number of hydrogen-bond acceptors (Lipinski definition) is 6. The van der Waals surface area contributed by atoms with Crippen molar-refractivity contribution in [3.63, 3.8) is 0 Å². The molecule has 1 aromatic carbocycles. The van der Waals surface area contributed by atoms with Gasteiger partial charge in [-0.3, -0.25) is 20.0 Å². The predicted molar refractivity (Wildman–Crippen MR) is 111 cm³/mol. The first-order valence-electron chi connectivity index (χ1n) is 9.87. The lowest BCUT2D eigenvalue weighted by Crippen LogP contribution is -2.66. The molecular formula is C21H28N6O2. The summed E-state index contributed by atoms with van der Waals surface area (Å²) in [6, 6.07) is 7.47. The number of hydrogen-bond donors (Lipinski definition) is 1. The van der Waals surface area contributed by atoms with E-state index in [1.165, 1.54) is 16.0 Å². The number of nitrogens with zero attached hydrogens (tertiary/aromatic N) is 5. The Balaban J connectivity index is 1.64. The van der Waals surface area contributed by atoms with E-state index < -0.39 is 6.04 Å². The highest BCUT2D eigenvalue weighted by Crippen LogP contribution is 2.31. The van der Waals surface area contributed by atoms with Gasteiger partial charge in [-0.05, 0) is 31.9 Å². The summed E-state index contributed by atoms with van der Waals surface area (Å²) in [6.07, 6.45) is -0.640. The first kappa shape index (κ1) is 19.6. The molecule has 0 aromatic heterocycles. The molecule has 1 N–H and O–H groups in total. The minimum absolute atomic E-state index is 0.179. The number of likely N-dealkylation sites (N-methyl/N-ethyl adjacent to an activating group) is 1. The number of carbonyl (C=O) groups excluding carboxylic acids is 2. The normalized spacial score (nSPS) is 27.1. The molecule has 2 fully saturated rings. The molecule has 8 nitrogen and oxygen atoms in total. The van der Waals surface area contributed by atoms with Crippen LogP contribution in [0.3, 0.4) is 0 Å².